The molecular formula is C15H16N4O. The average molecular weight is 268 g/mol. The Hall–Kier alpha value is -2.14. The molecule has 3 heterocycles. The van der Waals surface area contributed by atoms with Crippen LogP contribution in [0.3, 0.4) is 0 Å². The summed E-state index contributed by atoms with van der Waals surface area (Å²) in [7, 11) is 0. The van der Waals surface area contributed by atoms with Crippen LogP contribution in [0, 0.1) is 0 Å². The van der Waals surface area contributed by atoms with E-state index in [1.807, 2.05) is 6.07 Å². The summed E-state index contributed by atoms with van der Waals surface area (Å²) in [6.45, 7) is 2.40. The molecule has 0 saturated carbocycles. The van der Waals surface area contributed by atoms with Crippen LogP contribution in [-0.4, -0.2) is 23.1 Å². The molecule has 0 atom stereocenters. The fourth-order valence-electron chi connectivity index (χ4n) is 3.04. The van der Waals surface area contributed by atoms with E-state index in [4.69, 9.17) is 0 Å². The molecule has 102 valence electrons. The van der Waals surface area contributed by atoms with E-state index in [2.05, 4.69) is 38.4 Å². The molecule has 5 heteroatoms. The van der Waals surface area contributed by atoms with Gasteiger partial charge in [-0.05, 0) is 31.0 Å². The Morgan fingerprint density at radius 3 is 3.05 bits per heavy atom. The van der Waals surface area contributed by atoms with Crippen LogP contribution in [0.4, 0.5) is 11.6 Å². The summed E-state index contributed by atoms with van der Waals surface area (Å²) in [6, 6.07) is 8.29. The number of hydrogen-bond acceptors (Lipinski definition) is 4. The van der Waals surface area contributed by atoms with Gasteiger partial charge < -0.3 is 10.2 Å². The predicted molar refractivity (Wildman–Crippen MR) is 77.4 cm³/mol. The number of aromatic amines is 1. The number of nitrogens with zero attached hydrogens (tertiary/aromatic N) is 2. The zero-order valence-corrected chi connectivity index (χ0v) is 11.1. The Balaban J connectivity index is 1.81. The molecule has 4 rings (SSSR count). The summed E-state index contributed by atoms with van der Waals surface area (Å²) in [6.07, 6.45) is 1.75. The van der Waals surface area contributed by atoms with Crippen molar-refractivity contribution in [2.45, 2.75) is 19.4 Å². The number of benzene rings is 1. The highest BCUT2D eigenvalue weighted by atomic mass is 16.1. The Morgan fingerprint density at radius 1 is 1.20 bits per heavy atom. The van der Waals surface area contributed by atoms with E-state index < -0.39 is 0 Å². The highest BCUT2D eigenvalue weighted by Gasteiger charge is 2.23. The van der Waals surface area contributed by atoms with Gasteiger partial charge in [-0.1, -0.05) is 18.2 Å². The number of H-pyrrole nitrogens is 1. The van der Waals surface area contributed by atoms with Crippen LogP contribution in [0.2, 0.25) is 0 Å². The number of hydrogen-bond donors (Lipinski definition) is 2. The summed E-state index contributed by atoms with van der Waals surface area (Å²) in [5, 5.41) is 3.27. The van der Waals surface area contributed by atoms with Crippen LogP contribution in [-0.2, 0) is 19.4 Å². The molecule has 0 amide bonds. The number of rotatable bonds is 1. The van der Waals surface area contributed by atoms with E-state index in [1.54, 1.807) is 0 Å². The van der Waals surface area contributed by atoms with E-state index in [-0.39, 0.29) is 5.56 Å². The molecule has 2 aromatic rings. The van der Waals surface area contributed by atoms with Crippen LogP contribution in [0.15, 0.2) is 29.1 Å². The second kappa shape index (κ2) is 4.45. The topological polar surface area (TPSA) is 61.0 Å². The number of aromatic nitrogens is 2. The van der Waals surface area contributed by atoms with Gasteiger partial charge in [-0.3, -0.25) is 9.78 Å². The summed E-state index contributed by atoms with van der Waals surface area (Å²) >= 11 is 0. The third-order valence-electron chi connectivity index (χ3n) is 4.08. The predicted octanol–water partition coefficient (Wildman–Crippen LogP) is 1.11. The Bertz CT molecular complexity index is 722. The zero-order valence-electron chi connectivity index (χ0n) is 11.1. The molecule has 0 aliphatic carbocycles. The first-order valence-corrected chi connectivity index (χ1v) is 7.01. The molecule has 0 spiro atoms. The second-order valence-corrected chi connectivity index (χ2v) is 5.27. The van der Waals surface area contributed by atoms with Crippen LogP contribution in [0.25, 0.3) is 0 Å². The van der Waals surface area contributed by atoms with Gasteiger partial charge >= 0.3 is 0 Å². The minimum Gasteiger partial charge on any atom is -0.311 e. The minimum atomic E-state index is 0.0101. The number of fused-ring (bicyclic) bond motifs is 2. The van der Waals surface area contributed by atoms with Crippen molar-refractivity contribution in [2.75, 3.05) is 18.0 Å². The normalized spacial score (nSPS) is 16.9. The molecule has 0 radical (unpaired) electrons. The first-order valence-electron chi connectivity index (χ1n) is 7.01. The molecule has 5 nitrogen and oxygen atoms in total. The third kappa shape index (κ3) is 1.74. The first-order chi connectivity index (χ1) is 9.83. The van der Waals surface area contributed by atoms with Gasteiger partial charge in [0.25, 0.3) is 5.56 Å². The van der Waals surface area contributed by atoms with Gasteiger partial charge in [0, 0.05) is 24.3 Å². The van der Waals surface area contributed by atoms with Crippen LogP contribution < -0.4 is 15.8 Å². The van der Waals surface area contributed by atoms with Crippen LogP contribution in [0.1, 0.15) is 16.8 Å². The molecule has 2 aliphatic rings. The maximum Gasteiger partial charge on any atom is 0.255 e. The molecular weight excluding hydrogens is 252 g/mol. The van der Waals surface area contributed by atoms with Crippen molar-refractivity contribution in [1.82, 2.24) is 15.3 Å². The smallest absolute Gasteiger partial charge is 0.255 e. The highest BCUT2D eigenvalue weighted by molar-refractivity contribution is 5.65. The Labute approximate surface area is 116 Å². The summed E-state index contributed by atoms with van der Waals surface area (Å²) < 4.78 is 0. The van der Waals surface area contributed by atoms with Gasteiger partial charge in [-0.15, -0.1) is 0 Å². The molecule has 2 N–H and O–H groups in total. The molecule has 0 saturated heterocycles. The van der Waals surface area contributed by atoms with E-state index in [0.717, 1.165) is 42.9 Å². The molecule has 0 bridgehead atoms. The lowest BCUT2D eigenvalue weighted by atomic mass is 10.1. The molecule has 0 fully saturated rings. The highest BCUT2D eigenvalue weighted by Crippen LogP contribution is 2.32. The van der Waals surface area contributed by atoms with Gasteiger partial charge in [-0.2, -0.15) is 0 Å². The number of para-hydroxylation sites is 1. The summed E-state index contributed by atoms with van der Waals surface area (Å²) in [4.78, 5) is 21.9. The Morgan fingerprint density at radius 2 is 2.10 bits per heavy atom. The molecule has 1 aromatic heterocycles. The summed E-state index contributed by atoms with van der Waals surface area (Å²) in [5.74, 6) is 0.669. The van der Waals surface area contributed by atoms with Gasteiger partial charge in [-0.25, -0.2) is 4.98 Å². The van der Waals surface area contributed by atoms with E-state index >= 15 is 0 Å². The number of anilines is 2. The maximum atomic E-state index is 12.2. The molecule has 1 aromatic carbocycles. The first kappa shape index (κ1) is 11.7. The fraction of sp³-hybridized carbons (Fsp3) is 0.333. The SMILES string of the molecule is O=c1[nH]c(N2CCc3ccccc32)nc2c1CCNC2. The van der Waals surface area contributed by atoms with Gasteiger partial charge in [0.05, 0.1) is 5.69 Å². The van der Waals surface area contributed by atoms with Crippen molar-refractivity contribution in [3.63, 3.8) is 0 Å². The van der Waals surface area contributed by atoms with Gasteiger partial charge in [0.1, 0.15) is 0 Å². The third-order valence-corrected chi connectivity index (χ3v) is 4.08. The lowest BCUT2D eigenvalue weighted by molar-refractivity contribution is 0.617. The van der Waals surface area contributed by atoms with E-state index in [1.165, 1.54) is 5.56 Å². The molecule has 20 heavy (non-hydrogen) atoms. The monoisotopic (exact) mass is 268 g/mol. The largest absolute Gasteiger partial charge is 0.311 e. The van der Waals surface area contributed by atoms with Gasteiger partial charge in [0.2, 0.25) is 5.95 Å². The van der Waals surface area contributed by atoms with Crippen molar-refractivity contribution in [3.8, 4) is 0 Å². The molecule has 0 unspecified atom stereocenters. The second-order valence-electron chi connectivity index (χ2n) is 5.27. The van der Waals surface area contributed by atoms with Crippen molar-refractivity contribution < 1.29 is 0 Å². The van der Waals surface area contributed by atoms with E-state index in [9.17, 15) is 4.79 Å². The van der Waals surface area contributed by atoms with Crippen molar-refractivity contribution in [2.24, 2.45) is 0 Å². The van der Waals surface area contributed by atoms with Crippen LogP contribution in [0.5, 0.6) is 0 Å². The minimum absolute atomic E-state index is 0.0101. The maximum absolute atomic E-state index is 12.2. The summed E-state index contributed by atoms with van der Waals surface area (Å²) in [5.41, 5.74) is 4.20. The number of nitrogens with one attached hydrogen (secondary N) is 2. The van der Waals surface area contributed by atoms with Crippen molar-refractivity contribution in [1.29, 1.82) is 0 Å². The van der Waals surface area contributed by atoms with Gasteiger partial charge in [0.15, 0.2) is 0 Å². The van der Waals surface area contributed by atoms with Crippen molar-refractivity contribution in [3.05, 3.63) is 51.4 Å². The van der Waals surface area contributed by atoms with E-state index in [0.29, 0.717) is 12.5 Å². The Kier molecular flexibility index (Phi) is 2.60. The standard InChI is InChI=1S/C15H16N4O/c20-14-11-5-7-16-9-12(11)17-15(18-14)19-8-6-10-3-1-2-4-13(10)19/h1-4,16H,5-9H2,(H,17,18,20). The van der Waals surface area contributed by atoms with Crippen LogP contribution >= 0.6 is 0 Å². The molecule has 2 aliphatic heterocycles. The van der Waals surface area contributed by atoms with Crippen molar-refractivity contribution >= 4 is 11.6 Å². The zero-order chi connectivity index (χ0) is 13.5. The lowest BCUT2D eigenvalue weighted by Gasteiger charge is -2.21. The fourth-order valence-corrected chi connectivity index (χ4v) is 3.04. The average Bonchev–Trinajstić information content (AvgIpc) is 2.91. The lowest BCUT2D eigenvalue weighted by Crippen LogP contribution is -2.33. The quantitative estimate of drug-likeness (QED) is 0.813.